The van der Waals surface area contributed by atoms with E-state index in [1.54, 1.807) is 19.9 Å². The quantitative estimate of drug-likeness (QED) is 0.639. The van der Waals surface area contributed by atoms with Crippen LogP contribution in [0.2, 0.25) is 0 Å². The van der Waals surface area contributed by atoms with E-state index in [2.05, 4.69) is 10.2 Å². The van der Waals surface area contributed by atoms with Gasteiger partial charge in [0.1, 0.15) is 11.8 Å². The van der Waals surface area contributed by atoms with Gasteiger partial charge in [-0.15, -0.1) is 0 Å². The van der Waals surface area contributed by atoms with Crippen molar-refractivity contribution >= 4 is 21.6 Å². The molecule has 0 spiro atoms. The summed E-state index contributed by atoms with van der Waals surface area (Å²) < 4.78 is 32.7. The molecule has 1 fully saturated rings. The summed E-state index contributed by atoms with van der Waals surface area (Å²) >= 11 is 0. The Labute approximate surface area is 185 Å². The van der Waals surface area contributed by atoms with Gasteiger partial charge in [-0.25, -0.2) is 8.42 Å². The average molecular weight is 446 g/mol. The van der Waals surface area contributed by atoms with Gasteiger partial charge in [0.25, 0.3) is 0 Å². The summed E-state index contributed by atoms with van der Waals surface area (Å²) in [5.41, 5.74) is 1.26. The summed E-state index contributed by atoms with van der Waals surface area (Å²) in [5.74, 6) is 0.212. The number of hydrogen-bond donors (Lipinski definition) is 1. The summed E-state index contributed by atoms with van der Waals surface area (Å²) in [7, 11) is -2.16. The second-order valence-corrected chi connectivity index (χ2v) is 9.43. The lowest BCUT2D eigenvalue weighted by atomic mass is 10.0. The zero-order chi connectivity index (χ0) is 22.4. The van der Waals surface area contributed by atoms with Crippen LogP contribution in [0.1, 0.15) is 38.3 Å². The summed E-state index contributed by atoms with van der Waals surface area (Å²) in [6.07, 6.45) is 2.11. The van der Waals surface area contributed by atoms with E-state index in [0.717, 1.165) is 31.5 Å². The van der Waals surface area contributed by atoms with E-state index >= 15 is 0 Å². The number of carbonyl (C=O) groups is 1. The molecule has 0 aromatic heterocycles. The van der Waals surface area contributed by atoms with Gasteiger partial charge in [0.2, 0.25) is 15.9 Å². The van der Waals surface area contributed by atoms with Crippen molar-refractivity contribution in [1.82, 2.24) is 9.21 Å². The topological polar surface area (TPSA) is 79.0 Å². The Balaban J connectivity index is 1.95. The number of methoxy groups -OCH3 is 1. The van der Waals surface area contributed by atoms with Crippen LogP contribution < -0.4 is 10.1 Å². The molecule has 31 heavy (non-hydrogen) atoms. The van der Waals surface area contributed by atoms with Gasteiger partial charge < -0.3 is 10.1 Å². The van der Waals surface area contributed by atoms with E-state index < -0.39 is 16.1 Å². The van der Waals surface area contributed by atoms with E-state index in [9.17, 15) is 13.2 Å². The highest BCUT2D eigenvalue weighted by Crippen LogP contribution is 2.32. The third kappa shape index (κ3) is 5.08. The maximum atomic E-state index is 13.4. The van der Waals surface area contributed by atoms with Crippen molar-refractivity contribution in [3.05, 3.63) is 54.1 Å². The average Bonchev–Trinajstić information content (AvgIpc) is 3.29. The van der Waals surface area contributed by atoms with Crippen molar-refractivity contribution in [1.29, 1.82) is 0 Å². The molecule has 0 saturated carbocycles. The number of amides is 1. The van der Waals surface area contributed by atoms with Crippen LogP contribution in [0.5, 0.6) is 5.75 Å². The Bertz CT molecular complexity index is 985. The summed E-state index contributed by atoms with van der Waals surface area (Å²) in [6.45, 7) is 6.04. The molecule has 1 atom stereocenters. The molecule has 2 aromatic carbocycles. The standard InChI is InChI=1S/C23H31N3O4S/c1-4-26(5-2)31(28,29)19-13-14-21(30-3)20(17-19)24-23(27)22(25-15-9-10-16-25)18-11-7-6-8-12-18/h6-8,11-14,17,22H,4-5,9-10,15-16H2,1-3H3,(H,24,27). The minimum Gasteiger partial charge on any atom is -0.495 e. The molecule has 0 aliphatic carbocycles. The van der Waals surface area contributed by atoms with E-state index in [1.807, 2.05) is 30.3 Å². The highest BCUT2D eigenvalue weighted by Gasteiger charge is 2.31. The fourth-order valence-electron chi connectivity index (χ4n) is 4.02. The van der Waals surface area contributed by atoms with Crippen molar-refractivity contribution in [2.75, 3.05) is 38.6 Å². The van der Waals surface area contributed by atoms with Gasteiger partial charge in [-0.05, 0) is 49.7 Å². The predicted molar refractivity (Wildman–Crippen MR) is 122 cm³/mol. The van der Waals surface area contributed by atoms with Crippen molar-refractivity contribution in [3.8, 4) is 5.75 Å². The Hall–Kier alpha value is -2.42. The van der Waals surface area contributed by atoms with Gasteiger partial charge in [-0.1, -0.05) is 44.2 Å². The van der Waals surface area contributed by atoms with Crippen LogP contribution >= 0.6 is 0 Å². The van der Waals surface area contributed by atoms with Crippen LogP contribution in [-0.4, -0.2) is 56.8 Å². The number of benzene rings is 2. The molecule has 1 unspecified atom stereocenters. The number of hydrogen-bond acceptors (Lipinski definition) is 5. The first-order valence-corrected chi connectivity index (χ1v) is 12.1. The van der Waals surface area contributed by atoms with Crippen LogP contribution in [0.15, 0.2) is 53.4 Å². The minimum absolute atomic E-state index is 0.129. The molecular formula is C23H31N3O4S. The molecule has 7 nitrogen and oxygen atoms in total. The van der Waals surface area contributed by atoms with Gasteiger partial charge in [0, 0.05) is 13.1 Å². The second kappa shape index (κ2) is 10.3. The van der Waals surface area contributed by atoms with Gasteiger partial charge in [-0.2, -0.15) is 4.31 Å². The van der Waals surface area contributed by atoms with Crippen LogP contribution in [0, 0.1) is 0 Å². The number of nitrogens with one attached hydrogen (secondary N) is 1. The maximum absolute atomic E-state index is 13.4. The van der Waals surface area contributed by atoms with Gasteiger partial charge >= 0.3 is 0 Å². The van der Waals surface area contributed by atoms with Crippen LogP contribution in [0.4, 0.5) is 5.69 Å². The summed E-state index contributed by atoms with van der Waals surface area (Å²) in [5, 5.41) is 2.94. The van der Waals surface area contributed by atoms with Crippen LogP contribution in [0.25, 0.3) is 0 Å². The Morgan fingerprint density at radius 3 is 2.32 bits per heavy atom. The normalized spacial score (nSPS) is 15.7. The van der Waals surface area contributed by atoms with Gasteiger partial charge in [0.05, 0.1) is 17.7 Å². The highest BCUT2D eigenvalue weighted by molar-refractivity contribution is 7.89. The number of likely N-dealkylation sites (tertiary alicyclic amines) is 1. The molecule has 1 heterocycles. The van der Waals surface area contributed by atoms with Crippen molar-refractivity contribution in [2.45, 2.75) is 37.6 Å². The lowest BCUT2D eigenvalue weighted by Crippen LogP contribution is -2.35. The van der Waals surface area contributed by atoms with Crippen molar-refractivity contribution in [2.24, 2.45) is 0 Å². The summed E-state index contributed by atoms with van der Waals surface area (Å²) in [6, 6.07) is 13.8. The number of anilines is 1. The SMILES string of the molecule is CCN(CC)S(=O)(=O)c1ccc(OC)c(NC(=O)C(c2ccccc2)N2CCCC2)c1. The molecule has 2 aromatic rings. The molecule has 1 aliphatic rings. The molecule has 8 heteroatoms. The largest absolute Gasteiger partial charge is 0.495 e. The first kappa shape index (κ1) is 23.2. The smallest absolute Gasteiger partial charge is 0.246 e. The Kier molecular flexibility index (Phi) is 7.69. The van der Waals surface area contributed by atoms with Crippen LogP contribution in [0.3, 0.4) is 0 Å². The monoisotopic (exact) mass is 445 g/mol. The molecule has 1 amide bonds. The molecule has 1 aliphatic heterocycles. The van der Waals surface area contributed by atoms with E-state index in [-0.39, 0.29) is 10.8 Å². The fraction of sp³-hybridized carbons (Fsp3) is 0.435. The lowest BCUT2D eigenvalue weighted by Gasteiger charge is -2.27. The Morgan fingerprint density at radius 2 is 1.74 bits per heavy atom. The molecular weight excluding hydrogens is 414 g/mol. The number of ether oxygens (including phenoxy) is 1. The first-order valence-electron chi connectivity index (χ1n) is 10.7. The van der Waals surface area contributed by atoms with Gasteiger partial charge in [0.15, 0.2) is 0 Å². The van der Waals surface area contributed by atoms with E-state index in [4.69, 9.17) is 4.74 Å². The fourth-order valence-corrected chi connectivity index (χ4v) is 5.51. The predicted octanol–water partition coefficient (Wildman–Crippen LogP) is 3.50. The van der Waals surface area contributed by atoms with E-state index in [1.165, 1.54) is 23.5 Å². The minimum atomic E-state index is -3.66. The highest BCUT2D eigenvalue weighted by atomic mass is 32.2. The second-order valence-electron chi connectivity index (χ2n) is 7.50. The number of sulfonamides is 1. The molecule has 1 N–H and O–H groups in total. The molecule has 1 saturated heterocycles. The number of carbonyl (C=O) groups excluding carboxylic acids is 1. The van der Waals surface area contributed by atoms with Gasteiger partial charge in [-0.3, -0.25) is 9.69 Å². The maximum Gasteiger partial charge on any atom is 0.246 e. The Morgan fingerprint density at radius 1 is 1.10 bits per heavy atom. The number of nitrogens with zero attached hydrogens (tertiary/aromatic N) is 2. The third-order valence-corrected chi connectivity index (χ3v) is 7.69. The molecule has 0 radical (unpaired) electrons. The molecule has 0 bridgehead atoms. The molecule has 168 valence electrons. The van der Waals surface area contributed by atoms with Crippen molar-refractivity contribution in [3.63, 3.8) is 0 Å². The zero-order valence-electron chi connectivity index (χ0n) is 18.4. The van der Waals surface area contributed by atoms with Crippen molar-refractivity contribution < 1.29 is 17.9 Å². The number of rotatable bonds is 9. The third-order valence-electron chi connectivity index (χ3n) is 5.64. The molecule has 3 rings (SSSR count). The zero-order valence-corrected chi connectivity index (χ0v) is 19.2. The van der Waals surface area contributed by atoms with Crippen LogP contribution in [-0.2, 0) is 14.8 Å². The first-order chi connectivity index (χ1) is 14.9. The summed E-state index contributed by atoms with van der Waals surface area (Å²) in [4.78, 5) is 15.7. The lowest BCUT2D eigenvalue weighted by molar-refractivity contribution is -0.121. The van der Waals surface area contributed by atoms with E-state index in [0.29, 0.717) is 24.5 Å².